The van der Waals surface area contributed by atoms with Crippen molar-refractivity contribution < 1.29 is 19.8 Å². The second-order valence-corrected chi connectivity index (χ2v) is 8.01. The Hall–Kier alpha value is -2.91. The van der Waals surface area contributed by atoms with Gasteiger partial charge in [0.25, 0.3) is 0 Å². The number of fused-ring (bicyclic) bond motifs is 3. The van der Waals surface area contributed by atoms with Crippen molar-refractivity contribution >= 4 is 56.3 Å². The molecule has 0 aliphatic rings. The van der Waals surface area contributed by atoms with Crippen LogP contribution in [0, 0.1) is 3.57 Å². The predicted molar refractivity (Wildman–Crippen MR) is 119 cm³/mol. The second-order valence-electron chi connectivity index (χ2n) is 6.76. The van der Waals surface area contributed by atoms with Crippen molar-refractivity contribution in [2.24, 2.45) is 5.73 Å². The maximum absolute atomic E-state index is 12.1. The van der Waals surface area contributed by atoms with Crippen molar-refractivity contribution in [3.8, 4) is 0 Å². The zero-order valence-corrected chi connectivity index (χ0v) is 17.3. The van der Waals surface area contributed by atoms with Gasteiger partial charge in [0.05, 0.1) is 5.52 Å². The van der Waals surface area contributed by atoms with Crippen LogP contribution in [0.25, 0.3) is 21.8 Å². The summed E-state index contributed by atoms with van der Waals surface area (Å²) in [5.41, 5.74) is 8.67. The molecule has 0 spiro atoms. The summed E-state index contributed by atoms with van der Waals surface area (Å²) < 4.78 is 3.11. The molecule has 1 heterocycles. The number of aliphatic carboxylic acids is 1. The molecule has 6 nitrogen and oxygen atoms in total. The van der Waals surface area contributed by atoms with Crippen LogP contribution in [0.4, 0.5) is 0 Å². The summed E-state index contributed by atoms with van der Waals surface area (Å²) in [4.78, 5) is 23.6. The van der Waals surface area contributed by atoms with Crippen molar-refractivity contribution in [3.05, 3.63) is 80.9 Å². The van der Waals surface area contributed by atoms with E-state index < -0.39 is 18.0 Å². The standard InChI is InChI=1S/C22H17IN2O4/c23-13-5-1-4-12(10-13)11-25-16-8-2-6-14(20(26)22(28)29)18(16)19-15(21(24)27)7-3-9-17(19)25/h1-10,20,26H,11H2,(H2,24,27)(H,28,29). The average Bonchev–Trinajstić information content (AvgIpc) is 3.01. The number of carboxylic acids is 1. The molecule has 1 aromatic heterocycles. The van der Waals surface area contributed by atoms with Crippen LogP contribution in [0.3, 0.4) is 0 Å². The molecule has 29 heavy (non-hydrogen) atoms. The molecule has 3 aromatic carbocycles. The molecular weight excluding hydrogens is 483 g/mol. The van der Waals surface area contributed by atoms with Gasteiger partial charge in [0.1, 0.15) is 0 Å². The number of aliphatic hydroxyl groups excluding tert-OH is 1. The maximum Gasteiger partial charge on any atom is 0.337 e. The van der Waals surface area contributed by atoms with Crippen molar-refractivity contribution in [1.29, 1.82) is 0 Å². The highest BCUT2D eigenvalue weighted by molar-refractivity contribution is 14.1. The Bertz CT molecular complexity index is 1280. The molecule has 0 aliphatic carbocycles. The fraction of sp³-hybridized carbons (Fsp3) is 0.0909. The zero-order chi connectivity index (χ0) is 20.7. The van der Waals surface area contributed by atoms with Gasteiger partial charge in [0.15, 0.2) is 6.10 Å². The van der Waals surface area contributed by atoms with Crippen LogP contribution in [-0.2, 0) is 11.3 Å². The van der Waals surface area contributed by atoms with Crippen molar-refractivity contribution in [2.45, 2.75) is 12.6 Å². The predicted octanol–water partition coefficient (Wildman–Crippen LogP) is 3.66. The molecule has 0 saturated heterocycles. The summed E-state index contributed by atoms with van der Waals surface area (Å²) in [5, 5.41) is 20.7. The Balaban J connectivity index is 2.10. The Morgan fingerprint density at radius 1 is 1.00 bits per heavy atom. The van der Waals surface area contributed by atoms with Crippen molar-refractivity contribution in [3.63, 3.8) is 0 Å². The molecule has 1 unspecified atom stereocenters. The fourth-order valence-corrected chi connectivity index (χ4v) is 4.37. The van der Waals surface area contributed by atoms with Gasteiger partial charge in [0.2, 0.25) is 5.91 Å². The van der Waals surface area contributed by atoms with Gasteiger partial charge >= 0.3 is 5.97 Å². The van der Waals surface area contributed by atoms with E-state index >= 15 is 0 Å². The van der Waals surface area contributed by atoms with E-state index in [2.05, 4.69) is 28.7 Å². The monoisotopic (exact) mass is 500 g/mol. The van der Waals surface area contributed by atoms with E-state index in [4.69, 9.17) is 5.73 Å². The molecule has 146 valence electrons. The normalized spacial score (nSPS) is 12.3. The summed E-state index contributed by atoms with van der Waals surface area (Å²) in [5.74, 6) is -1.96. The van der Waals surface area contributed by atoms with E-state index in [1.807, 2.05) is 34.9 Å². The number of halogens is 1. The Morgan fingerprint density at radius 3 is 2.31 bits per heavy atom. The van der Waals surface area contributed by atoms with E-state index in [9.17, 15) is 19.8 Å². The second kappa shape index (κ2) is 7.49. The molecule has 0 saturated carbocycles. The van der Waals surface area contributed by atoms with Crippen LogP contribution in [0.15, 0.2) is 60.7 Å². The molecule has 0 fully saturated rings. The minimum absolute atomic E-state index is 0.232. The molecule has 4 aromatic rings. The smallest absolute Gasteiger partial charge is 0.337 e. The number of nitrogens with zero attached hydrogens (tertiary/aromatic N) is 1. The van der Waals surface area contributed by atoms with Gasteiger partial charge in [-0.2, -0.15) is 0 Å². The lowest BCUT2D eigenvalue weighted by atomic mass is 9.99. The molecule has 1 amide bonds. The van der Waals surface area contributed by atoms with Gasteiger partial charge in [-0.25, -0.2) is 4.79 Å². The molecule has 1 atom stereocenters. The molecular formula is C22H17IN2O4. The number of aliphatic hydroxyl groups is 1. The number of primary amides is 1. The highest BCUT2D eigenvalue weighted by Crippen LogP contribution is 2.37. The minimum Gasteiger partial charge on any atom is -0.479 e. The SMILES string of the molecule is NC(=O)c1cccc2c1c1c(C(O)C(=O)O)cccc1n2Cc1cccc(I)c1. The first-order valence-electron chi connectivity index (χ1n) is 8.87. The fourth-order valence-electron chi connectivity index (χ4n) is 3.77. The Kier molecular flexibility index (Phi) is 5.01. The summed E-state index contributed by atoms with van der Waals surface area (Å²) in [6, 6.07) is 18.4. The van der Waals surface area contributed by atoms with Gasteiger partial charge in [0, 0.05) is 37.5 Å². The first-order chi connectivity index (χ1) is 13.9. The summed E-state index contributed by atoms with van der Waals surface area (Å²) >= 11 is 2.25. The van der Waals surface area contributed by atoms with E-state index in [-0.39, 0.29) is 5.56 Å². The lowest BCUT2D eigenvalue weighted by molar-refractivity contribution is -0.146. The Labute approximate surface area is 179 Å². The third kappa shape index (κ3) is 3.36. The number of nitrogens with two attached hydrogens (primary N) is 1. The molecule has 0 aliphatic heterocycles. The van der Waals surface area contributed by atoms with Gasteiger partial charge in [-0.05, 0) is 58.5 Å². The third-order valence-electron chi connectivity index (χ3n) is 4.97. The quantitative estimate of drug-likeness (QED) is 0.364. The minimum atomic E-state index is -1.71. The molecule has 7 heteroatoms. The summed E-state index contributed by atoms with van der Waals surface area (Å²) in [6.45, 7) is 0.520. The first-order valence-corrected chi connectivity index (χ1v) is 9.95. The number of hydrogen-bond donors (Lipinski definition) is 3. The number of aromatic nitrogens is 1. The first kappa shape index (κ1) is 19.4. The molecule has 0 radical (unpaired) electrons. The summed E-state index contributed by atoms with van der Waals surface area (Å²) in [6.07, 6.45) is -1.71. The van der Waals surface area contributed by atoms with E-state index in [0.29, 0.717) is 22.9 Å². The lowest BCUT2D eigenvalue weighted by Crippen LogP contribution is -2.12. The maximum atomic E-state index is 12.1. The van der Waals surface area contributed by atoms with Crippen LogP contribution in [0.1, 0.15) is 27.6 Å². The van der Waals surface area contributed by atoms with Gasteiger partial charge in [-0.1, -0.05) is 30.3 Å². The zero-order valence-electron chi connectivity index (χ0n) is 15.2. The van der Waals surface area contributed by atoms with Crippen LogP contribution in [0.5, 0.6) is 0 Å². The number of carbonyl (C=O) groups is 2. The average molecular weight is 500 g/mol. The highest BCUT2D eigenvalue weighted by atomic mass is 127. The van der Waals surface area contributed by atoms with Crippen LogP contribution >= 0.6 is 22.6 Å². The van der Waals surface area contributed by atoms with Crippen molar-refractivity contribution in [1.82, 2.24) is 4.57 Å². The largest absolute Gasteiger partial charge is 0.479 e. The van der Waals surface area contributed by atoms with Crippen molar-refractivity contribution in [2.75, 3.05) is 0 Å². The number of amides is 1. The topological polar surface area (TPSA) is 106 Å². The van der Waals surface area contributed by atoms with E-state index in [1.54, 1.807) is 24.3 Å². The van der Waals surface area contributed by atoms with Crippen LogP contribution in [-0.4, -0.2) is 26.7 Å². The van der Waals surface area contributed by atoms with E-state index in [1.165, 1.54) is 0 Å². The molecule has 4 N–H and O–H groups in total. The van der Waals surface area contributed by atoms with E-state index in [0.717, 1.165) is 20.2 Å². The van der Waals surface area contributed by atoms with Crippen LogP contribution < -0.4 is 5.73 Å². The molecule has 0 bridgehead atoms. The van der Waals surface area contributed by atoms with Gasteiger partial charge in [-0.3, -0.25) is 4.79 Å². The lowest BCUT2D eigenvalue weighted by Gasteiger charge is -2.10. The number of hydrogen-bond acceptors (Lipinski definition) is 3. The molecule has 4 rings (SSSR count). The number of carboxylic acid groups (broad SMARTS) is 1. The van der Waals surface area contributed by atoms with Crippen LogP contribution in [0.2, 0.25) is 0 Å². The third-order valence-corrected chi connectivity index (χ3v) is 5.64. The number of carbonyl (C=O) groups excluding carboxylic acids is 1. The van der Waals surface area contributed by atoms with Gasteiger partial charge in [-0.15, -0.1) is 0 Å². The number of benzene rings is 3. The Morgan fingerprint density at radius 2 is 1.66 bits per heavy atom. The van der Waals surface area contributed by atoms with Gasteiger partial charge < -0.3 is 20.5 Å². The highest BCUT2D eigenvalue weighted by Gasteiger charge is 2.24. The number of rotatable bonds is 5. The summed E-state index contributed by atoms with van der Waals surface area (Å²) in [7, 11) is 0.